The summed E-state index contributed by atoms with van der Waals surface area (Å²) in [6, 6.07) is 11.4. The Morgan fingerprint density at radius 1 is 1.14 bits per heavy atom. The van der Waals surface area contributed by atoms with Gasteiger partial charge in [-0.05, 0) is 50.3 Å². The standard InChI is InChI=1S/C21H25F2N5S/c1-3-27-10-12-28(13-11-27)20-9-8-16(14-18(20)23)15(2)25-26-21(29)24-19-7-5-4-6-17(19)22/h4-9,14H,3,10-13H2,1-2H3,(H2,24,26,29)/p+1/b25-15-. The summed E-state index contributed by atoms with van der Waals surface area (Å²) in [7, 11) is 0. The highest BCUT2D eigenvalue weighted by atomic mass is 32.1. The molecule has 0 radical (unpaired) electrons. The van der Waals surface area contributed by atoms with Crippen LogP contribution in [0.4, 0.5) is 20.2 Å². The molecule has 0 amide bonds. The summed E-state index contributed by atoms with van der Waals surface area (Å²) in [5, 5.41) is 7.08. The predicted octanol–water partition coefficient (Wildman–Crippen LogP) is 2.40. The van der Waals surface area contributed by atoms with E-state index in [1.165, 1.54) is 12.1 Å². The Hall–Kier alpha value is -2.58. The molecule has 1 saturated heterocycles. The number of rotatable bonds is 5. The normalized spacial score (nSPS) is 15.3. The van der Waals surface area contributed by atoms with Gasteiger partial charge in [0.1, 0.15) is 11.6 Å². The van der Waals surface area contributed by atoms with Gasteiger partial charge in [0, 0.05) is 5.56 Å². The minimum Gasteiger partial charge on any atom is -0.358 e. The highest BCUT2D eigenvalue weighted by molar-refractivity contribution is 7.80. The van der Waals surface area contributed by atoms with Crippen LogP contribution >= 0.6 is 12.2 Å². The van der Waals surface area contributed by atoms with Crippen molar-refractivity contribution in [3.8, 4) is 0 Å². The molecular weight excluding hydrogens is 392 g/mol. The van der Waals surface area contributed by atoms with E-state index in [2.05, 4.69) is 27.7 Å². The second kappa shape index (κ2) is 9.76. The second-order valence-corrected chi connectivity index (χ2v) is 7.41. The van der Waals surface area contributed by atoms with E-state index in [-0.39, 0.29) is 16.6 Å². The molecule has 154 valence electrons. The Balaban J connectivity index is 1.62. The number of hydrogen-bond donors (Lipinski definition) is 3. The van der Waals surface area contributed by atoms with E-state index in [4.69, 9.17) is 12.2 Å². The molecule has 3 N–H and O–H groups in total. The van der Waals surface area contributed by atoms with Crippen molar-refractivity contribution in [1.29, 1.82) is 0 Å². The zero-order valence-corrected chi connectivity index (χ0v) is 17.5. The molecule has 0 unspecified atom stereocenters. The van der Waals surface area contributed by atoms with E-state index in [9.17, 15) is 8.78 Å². The van der Waals surface area contributed by atoms with Crippen LogP contribution in [-0.4, -0.2) is 43.5 Å². The van der Waals surface area contributed by atoms with Crippen LogP contribution in [0.15, 0.2) is 47.6 Å². The number of anilines is 2. The molecule has 0 bridgehead atoms. The van der Waals surface area contributed by atoms with Crippen LogP contribution in [0.2, 0.25) is 0 Å². The first kappa shape index (κ1) is 21.1. The van der Waals surface area contributed by atoms with Gasteiger partial charge in [-0.3, -0.25) is 5.43 Å². The zero-order valence-electron chi connectivity index (χ0n) is 16.6. The van der Waals surface area contributed by atoms with E-state index >= 15 is 0 Å². The molecule has 29 heavy (non-hydrogen) atoms. The minimum absolute atomic E-state index is 0.155. The molecule has 1 heterocycles. The highest BCUT2D eigenvalue weighted by Gasteiger charge is 2.21. The fraction of sp³-hybridized carbons (Fsp3) is 0.333. The molecule has 0 spiro atoms. The summed E-state index contributed by atoms with van der Waals surface area (Å²) in [5.41, 5.74) is 4.79. The first-order valence-electron chi connectivity index (χ1n) is 9.72. The first-order chi connectivity index (χ1) is 14.0. The number of benzene rings is 2. The van der Waals surface area contributed by atoms with Gasteiger partial charge in [-0.2, -0.15) is 5.10 Å². The summed E-state index contributed by atoms with van der Waals surface area (Å²) >= 11 is 5.14. The van der Waals surface area contributed by atoms with Gasteiger partial charge in [0.15, 0.2) is 5.11 Å². The first-order valence-corrected chi connectivity index (χ1v) is 10.1. The summed E-state index contributed by atoms with van der Waals surface area (Å²) in [4.78, 5) is 3.64. The number of piperazine rings is 1. The number of nitrogens with one attached hydrogen (secondary N) is 3. The lowest BCUT2D eigenvalue weighted by Gasteiger charge is -2.33. The number of nitrogens with zero attached hydrogens (tertiary/aromatic N) is 2. The Morgan fingerprint density at radius 2 is 1.86 bits per heavy atom. The maximum atomic E-state index is 14.7. The van der Waals surface area contributed by atoms with Crippen LogP contribution in [0, 0.1) is 11.6 Å². The Labute approximate surface area is 175 Å². The van der Waals surface area contributed by atoms with Crippen molar-refractivity contribution >= 4 is 34.4 Å². The maximum absolute atomic E-state index is 14.7. The van der Waals surface area contributed by atoms with Crippen molar-refractivity contribution < 1.29 is 13.7 Å². The Bertz CT molecular complexity index is 894. The fourth-order valence-corrected chi connectivity index (χ4v) is 3.47. The van der Waals surface area contributed by atoms with Crippen LogP contribution in [0.25, 0.3) is 0 Å². The summed E-state index contributed by atoms with van der Waals surface area (Å²) in [6.07, 6.45) is 0. The Kier molecular flexibility index (Phi) is 7.11. The molecule has 1 fully saturated rings. The van der Waals surface area contributed by atoms with E-state index in [1.54, 1.807) is 36.1 Å². The number of hydrogen-bond acceptors (Lipinski definition) is 3. The number of para-hydroxylation sites is 1. The maximum Gasteiger partial charge on any atom is 0.191 e. The van der Waals surface area contributed by atoms with E-state index in [0.717, 1.165) is 32.7 Å². The number of likely N-dealkylation sites (N-methyl/N-ethyl adjacent to an activating group) is 1. The molecule has 2 aromatic rings. The van der Waals surface area contributed by atoms with Gasteiger partial charge < -0.3 is 15.1 Å². The van der Waals surface area contributed by atoms with Crippen molar-refractivity contribution in [2.24, 2.45) is 5.10 Å². The van der Waals surface area contributed by atoms with Crippen molar-refractivity contribution in [3.05, 3.63) is 59.7 Å². The zero-order chi connectivity index (χ0) is 20.8. The van der Waals surface area contributed by atoms with Gasteiger partial charge in [0.05, 0.1) is 49.8 Å². The second-order valence-electron chi connectivity index (χ2n) is 7.00. The smallest absolute Gasteiger partial charge is 0.191 e. The molecular formula is C21H26F2N5S+. The quantitative estimate of drug-likeness (QED) is 0.396. The topological polar surface area (TPSA) is 44.1 Å². The molecule has 3 rings (SSSR count). The average molecular weight is 419 g/mol. The van der Waals surface area contributed by atoms with Crippen LogP contribution in [0.3, 0.4) is 0 Å². The lowest BCUT2D eigenvalue weighted by atomic mass is 10.1. The number of hydrazone groups is 1. The van der Waals surface area contributed by atoms with Crippen LogP contribution in [0.5, 0.6) is 0 Å². The summed E-state index contributed by atoms with van der Waals surface area (Å²) in [5.74, 6) is -0.666. The third-order valence-electron chi connectivity index (χ3n) is 5.12. The van der Waals surface area contributed by atoms with Gasteiger partial charge in [-0.15, -0.1) is 0 Å². The van der Waals surface area contributed by atoms with Gasteiger partial charge in [0.25, 0.3) is 0 Å². The number of thiocarbonyl (C=S) groups is 1. The van der Waals surface area contributed by atoms with Crippen molar-refractivity contribution in [2.75, 3.05) is 42.9 Å². The third kappa shape index (κ3) is 5.48. The number of quaternary nitrogens is 1. The molecule has 1 aliphatic heterocycles. The van der Waals surface area contributed by atoms with E-state index < -0.39 is 5.82 Å². The van der Waals surface area contributed by atoms with E-state index in [1.807, 2.05) is 6.07 Å². The van der Waals surface area contributed by atoms with Gasteiger partial charge >= 0.3 is 0 Å². The summed E-state index contributed by atoms with van der Waals surface area (Å²) < 4.78 is 28.4. The van der Waals surface area contributed by atoms with Gasteiger partial charge in [-0.25, -0.2) is 8.78 Å². The predicted molar refractivity (Wildman–Crippen MR) is 118 cm³/mol. The van der Waals surface area contributed by atoms with E-state index in [0.29, 0.717) is 17.0 Å². The van der Waals surface area contributed by atoms with Crippen molar-refractivity contribution in [2.45, 2.75) is 13.8 Å². The fourth-order valence-electron chi connectivity index (χ4n) is 3.32. The molecule has 8 heteroatoms. The molecule has 0 atom stereocenters. The minimum atomic E-state index is -0.406. The number of halogens is 2. The lowest BCUT2D eigenvalue weighted by molar-refractivity contribution is -0.898. The van der Waals surface area contributed by atoms with Crippen molar-refractivity contribution in [1.82, 2.24) is 5.43 Å². The van der Waals surface area contributed by atoms with Gasteiger partial charge in [-0.1, -0.05) is 18.2 Å². The molecule has 1 aliphatic rings. The SMILES string of the molecule is CC[NH+]1CCN(c2ccc(/C(C)=N\NC(=S)Nc3ccccc3F)cc2F)CC1. The van der Waals surface area contributed by atoms with Crippen LogP contribution < -0.4 is 20.5 Å². The third-order valence-corrected chi connectivity index (χ3v) is 5.32. The van der Waals surface area contributed by atoms with Crippen LogP contribution in [0.1, 0.15) is 19.4 Å². The van der Waals surface area contributed by atoms with Crippen LogP contribution in [-0.2, 0) is 0 Å². The lowest BCUT2D eigenvalue weighted by Crippen LogP contribution is -3.14. The molecule has 0 aromatic heterocycles. The largest absolute Gasteiger partial charge is 0.358 e. The Morgan fingerprint density at radius 3 is 2.52 bits per heavy atom. The molecule has 2 aromatic carbocycles. The summed E-state index contributed by atoms with van der Waals surface area (Å²) in [6.45, 7) is 8.79. The highest BCUT2D eigenvalue weighted by Crippen LogP contribution is 2.21. The molecule has 5 nitrogen and oxygen atoms in total. The van der Waals surface area contributed by atoms with Crippen molar-refractivity contribution in [3.63, 3.8) is 0 Å². The average Bonchev–Trinajstić information content (AvgIpc) is 2.73. The molecule has 0 saturated carbocycles. The molecule has 0 aliphatic carbocycles. The van der Waals surface area contributed by atoms with Gasteiger partial charge in [0.2, 0.25) is 0 Å². The monoisotopic (exact) mass is 418 g/mol.